The summed E-state index contributed by atoms with van der Waals surface area (Å²) in [6.07, 6.45) is 3.56. The van der Waals surface area contributed by atoms with Crippen molar-refractivity contribution in [3.05, 3.63) is 21.9 Å². The number of hydrogen-bond acceptors (Lipinski definition) is 4. The van der Waals surface area contributed by atoms with Crippen LogP contribution in [0, 0.1) is 0 Å². The molecular weight excluding hydrogens is 258 g/mol. The minimum absolute atomic E-state index is 0.208. The van der Waals surface area contributed by atoms with Gasteiger partial charge in [0.05, 0.1) is 4.88 Å². The molecule has 1 amide bonds. The highest BCUT2D eigenvalue weighted by Crippen LogP contribution is 2.20. The third kappa shape index (κ3) is 4.93. The summed E-state index contributed by atoms with van der Waals surface area (Å²) in [4.78, 5) is 15.8. The van der Waals surface area contributed by atoms with E-state index in [1.807, 2.05) is 12.1 Å². The molecule has 0 saturated heterocycles. The molecular formula is C14H25N3OS. The lowest BCUT2D eigenvalue weighted by molar-refractivity contribution is 0.0957. The minimum atomic E-state index is -0.208. The predicted octanol–water partition coefficient (Wildman–Crippen LogP) is 2.75. The van der Waals surface area contributed by atoms with Gasteiger partial charge in [0.2, 0.25) is 0 Å². The average molecular weight is 283 g/mol. The van der Waals surface area contributed by atoms with Crippen LogP contribution >= 0.6 is 11.3 Å². The highest BCUT2D eigenvalue weighted by molar-refractivity contribution is 7.14. The molecule has 108 valence electrons. The van der Waals surface area contributed by atoms with Gasteiger partial charge in [0, 0.05) is 17.5 Å². The fraction of sp³-hybridized carbons (Fsp3) is 0.643. The number of rotatable bonds is 8. The molecule has 0 radical (unpaired) electrons. The van der Waals surface area contributed by atoms with Gasteiger partial charge in [-0.25, -0.2) is 5.84 Å². The minimum Gasteiger partial charge on any atom is -0.296 e. The van der Waals surface area contributed by atoms with E-state index in [1.165, 1.54) is 29.1 Å². The maximum atomic E-state index is 11.4. The second-order valence-electron chi connectivity index (χ2n) is 4.82. The van der Waals surface area contributed by atoms with E-state index in [0.717, 1.165) is 19.5 Å². The molecule has 1 heterocycles. The van der Waals surface area contributed by atoms with Crippen molar-refractivity contribution in [3.63, 3.8) is 0 Å². The molecule has 0 spiro atoms. The number of amides is 1. The van der Waals surface area contributed by atoms with Gasteiger partial charge in [-0.15, -0.1) is 11.3 Å². The normalized spacial score (nSPS) is 12.7. The van der Waals surface area contributed by atoms with Gasteiger partial charge in [0.25, 0.3) is 5.91 Å². The molecule has 1 unspecified atom stereocenters. The van der Waals surface area contributed by atoms with E-state index >= 15 is 0 Å². The zero-order valence-corrected chi connectivity index (χ0v) is 12.9. The van der Waals surface area contributed by atoms with Gasteiger partial charge in [0.15, 0.2) is 0 Å². The second-order valence-corrected chi connectivity index (χ2v) is 5.99. The van der Waals surface area contributed by atoms with Gasteiger partial charge >= 0.3 is 0 Å². The lowest BCUT2D eigenvalue weighted by Crippen LogP contribution is -2.32. The first kappa shape index (κ1) is 16.1. The largest absolute Gasteiger partial charge is 0.296 e. The Kier molecular flexibility index (Phi) is 7.05. The van der Waals surface area contributed by atoms with Crippen molar-refractivity contribution in [1.29, 1.82) is 0 Å². The highest BCUT2D eigenvalue weighted by Gasteiger charge is 2.14. The Hall–Kier alpha value is -0.910. The monoisotopic (exact) mass is 283 g/mol. The van der Waals surface area contributed by atoms with Gasteiger partial charge in [-0.1, -0.05) is 20.3 Å². The summed E-state index contributed by atoms with van der Waals surface area (Å²) in [5.74, 6) is 4.94. The van der Waals surface area contributed by atoms with E-state index < -0.39 is 0 Å². The van der Waals surface area contributed by atoms with Crippen LogP contribution in [-0.4, -0.2) is 23.4 Å². The standard InChI is InChI=1S/C14H25N3OS/c1-4-6-9-17(11(3)5-2)10-12-7-8-13(19-12)14(18)16-15/h7-8,11H,4-6,9-10,15H2,1-3H3,(H,16,18). The Morgan fingerprint density at radius 1 is 1.47 bits per heavy atom. The summed E-state index contributed by atoms with van der Waals surface area (Å²) in [6.45, 7) is 8.71. The van der Waals surface area contributed by atoms with E-state index in [2.05, 4.69) is 31.1 Å². The molecule has 5 heteroatoms. The molecule has 0 aliphatic rings. The number of carbonyl (C=O) groups is 1. The van der Waals surface area contributed by atoms with Crippen LogP contribution in [0.4, 0.5) is 0 Å². The Labute approximate surface area is 120 Å². The number of nitrogen functional groups attached to an aromatic ring is 1. The van der Waals surface area contributed by atoms with Crippen molar-refractivity contribution >= 4 is 17.2 Å². The van der Waals surface area contributed by atoms with Crippen LogP contribution in [-0.2, 0) is 6.54 Å². The number of hydrogen-bond donors (Lipinski definition) is 2. The smallest absolute Gasteiger partial charge is 0.275 e. The molecule has 19 heavy (non-hydrogen) atoms. The number of hydrazine groups is 1. The molecule has 3 N–H and O–H groups in total. The van der Waals surface area contributed by atoms with Crippen molar-refractivity contribution in [3.8, 4) is 0 Å². The van der Waals surface area contributed by atoms with Crippen molar-refractivity contribution in [2.75, 3.05) is 6.54 Å². The molecule has 0 aliphatic heterocycles. The summed E-state index contributed by atoms with van der Waals surface area (Å²) in [6, 6.07) is 4.44. The number of nitrogens with one attached hydrogen (secondary N) is 1. The Bertz CT molecular complexity index is 392. The fourth-order valence-corrected chi connectivity index (χ4v) is 2.87. The Morgan fingerprint density at radius 3 is 2.79 bits per heavy atom. The highest BCUT2D eigenvalue weighted by atomic mass is 32.1. The number of carbonyl (C=O) groups excluding carboxylic acids is 1. The van der Waals surface area contributed by atoms with Crippen LogP contribution in [0.5, 0.6) is 0 Å². The number of thiophene rings is 1. The van der Waals surface area contributed by atoms with E-state index in [1.54, 1.807) is 0 Å². The lowest BCUT2D eigenvalue weighted by atomic mass is 10.2. The van der Waals surface area contributed by atoms with Crippen LogP contribution in [0.15, 0.2) is 12.1 Å². The van der Waals surface area contributed by atoms with Crippen molar-refractivity contribution in [1.82, 2.24) is 10.3 Å². The molecule has 1 rings (SSSR count). The van der Waals surface area contributed by atoms with E-state index in [4.69, 9.17) is 5.84 Å². The molecule has 1 aromatic heterocycles. The summed E-state index contributed by atoms with van der Waals surface area (Å²) in [5, 5.41) is 0. The first-order valence-electron chi connectivity index (χ1n) is 6.96. The van der Waals surface area contributed by atoms with Crippen molar-refractivity contribution in [2.24, 2.45) is 5.84 Å². The zero-order chi connectivity index (χ0) is 14.3. The van der Waals surface area contributed by atoms with E-state index in [0.29, 0.717) is 10.9 Å². The summed E-state index contributed by atoms with van der Waals surface area (Å²) < 4.78 is 0. The van der Waals surface area contributed by atoms with Gasteiger partial charge in [0.1, 0.15) is 0 Å². The molecule has 0 saturated carbocycles. The van der Waals surface area contributed by atoms with Gasteiger partial charge in [-0.05, 0) is 38.4 Å². The number of nitrogens with two attached hydrogens (primary N) is 1. The molecule has 0 bridgehead atoms. The maximum absolute atomic E-state index is 11.4. The zero-order valence-electron chi connectivity index (χ0n) is 12.1. The Balaban J connectivity index is 2.67. The van der Waals surface area contributed by atoms with Crippen LogP contribution < -0.4 is 11.3 Å². The van der Waals surface area contributed by atoms with Crippen LogP contribution in [0.25, 0.3) is 0 Å². The van der Waals surface area contributed by atoms with Gasteiger partial charge < -0.3 is 0 Å². The molecule has 0 fully saturated rings. The summed E-state index contributed by atoms with van der Waals surface area (Å²) >= 11 is 1.52. The van der Waals surface area contributed by atoms with Gasteiger partial charge in [-0.3, -0.25) is 15.1 Å². The van der Waals surface area contributed by atoms with E-state index in [9.17, 15) is 4.79 Å². The predicted molar refractivity (Wildman–Crippen MR) is 81.0 cm³/mol. The first-order valence-corrected chi connectivity index (χ1v) is 7.77. The fourth-order valence-electron chi connectivity index (χ4n) is 1.93. The average Bonchev–Trinajstić information content (AvgIpc) is 2.90. The molecule has 4 nitrogen and oxygen atoms in total. The topological polar surface area (TPSA) is 58.4 Å². The third-order valence-electron chi connectivity index (χ3n) is 3.39. The lowest BCUT2D eigenvalue weighted by Gasteiger charge is -2.27. The maximum Gasteiger partial charge on any atom is 0.275 e. The molecule has 1 atom stereocenters. The molecule has 1 aromatic rings. The summed E-state index contributed by atoms with van der Waals surface area (Å²) in [5.41, 5.74) is 2.17. The molecule has 0 aromatic carbocycles. The summed E-state index contributed by atoms with van der Waals surface area (Å²) in [7, 11) is 0. The van der Waals surface area contributed by atoms with E-state index in [-0.39, 0.29) is 5.91 Å². The molecule has 0 aliphatic carbocycles. The van der Waals surface area contributed by atoms with Crippen LogP contribution in [0.1, 0.15) is 54.6 Å². The van der Waals surface area contributed by atoms with Crippen molar-refractivity contribution in [2.45, 2.75) is 52.6 Å². The quantitative estimate of drug-likeness (QED) is 0.438. The Morgan fingerprint density at radius 2 is 2.21 bits per heavy atom. The number of unbranched alkanes of at least 4 members (excludes halogenated alkanes) is 1. The number of nitrogens with zero attached hydrogens (tertiary/aromatic N) is 1. The van der Waals surface area contributed by atoms with Crippen LogP contribution in [0.2, 0.25) is 0 Å². The third-order valence-corrected chi connectivity index (χ3v) is 4.46. The van der Waals surface area contributed by atoms with Crippen LogP contribution in [0.3, 0.4) is 0 Å². The SMILES string of the molecule is CCCCN(Cc1ccc(C(=O)NN)s1)C(C)CC. The van der Waals surface area contributed by atoms with Crippen molar-refractivity contribution < 1.29 is 4.79 Å². The first-order chi connectivity index (χ1) is 9.12. The van der Waals surface area contributed by atoms with Gasteiger partial charge in [-0.2, -0.15) is 0 Å². The second kappa shape index (κ2) is 8.30.